The van der Waals surface area contributed by atoms with Crippen molar-refractivity contribution in [2.24, 2.45) is 5.92 Å². The summed E-state index contributed by atoms with van der Waals surface area (Å²) in [6.45, 7) is 6.01. The van der Waals surface area contributed by atoms with Crippen LogP contribution in [0.3, 0.4) is 0 Å². The van der Waals surface area contributed by atoms with Crippen molar-refractivity contribution >= 4 is 12.0 Å². The molecule has 0 heterocycles. The van der Waals surface area contributed by atoms with Gasteiger partial charge in [-0.15, -0.1) is 0 Å². The van der Waals surface area contributed by atoms with E-state index in [-0.39, 0.29) is 24.5 Å². The van der Waals surface area contributed by atoms with Gasteiger partial charge in [-0.3, -0.25) is 4.79 Å². The van der Waals surface area contributed by atoms with Crippen LogP contribution in [0.5, 0.6) is 17.2 Å². The molecule has 0 spiro atoms. The van der Waals surface area contributed by atoms with Gasteiger partial charge in [0.2, 0.25) is 0 Å². The fraction of sp³-hybridized carbons (Fsp3) is 0.348. The minimum Gasteiger partial charge on any atom is -0.497 e. The average molecular weight is 383 g/mol. The van der Waals surface area contributed by atoms with Crippen LogP contribution in [0.15, 0.2) is 48.5 Å². The van der Waals surface area contributed by atoms with Crippen LogP contribution in [0, 0.1) is 5.92 Å². The summed E-state index contributed by atoms with van der Waals surface area (Å²) < 4.78 is 16.3. The second-order valence-electron chi connectivity index (χ2n) is 6.76. The first-order valence-corrected chi connectivity index (χ1v) is 9.35. The lowest BCUT2D eigenvalue weighted by Crippen LogP contribution is -2.35. The Hall–Kier alpha value is -2.95. The number of nitrogens with one attached hydrogen (secondary N) is 1. The molecule has 150 valence electrons. The minimum atomic E-state index is -0.186. The third-order valence-electron chi connectivity index (χ3n) is 4.36. The van der Waals surface area contributed by atoms with Crippen LogP contribution < -0.4 is 19.5 Å². The predicted molar refractivity (Wildman–Crippen MR) is 112 cm³/mol. The highest BCUT2D eigenvalue weighted by Crippen LogP contribution is 2.29. The Morgan fingerprint density at radius 2 is 1.75 bits per heavy atom. The summed E-state index contributed by atoms with van der Waals surface area (Å²) in [7, 11) is 3.22. The molecule has 2 aromatic carbocycles. The van der Waals surface area contributed by atoms with Gasteiger partial charge < -0.3 is 19.5 Å². The predicted octanol–water partition coefficient (Wildman–Crippen LogP) is 4.63. The van der Waals surface area contributed by atoms with Crippen molar-refractivity contribution in [2.45, 2.75) is 26.8 Å². The first kappa shape index (κ1) is 21.4. The molecule has 5 heteroatoms. The molecular formula is C23H29NO4. The standard InChI is InChI=1S/C23H29NO4/c1-6-7-17-8-13-20(21(14-17)27-5)28-15-22(25)24-23(16(2)3)18-9-11-19(26-4)12-10-18/h6-14,16,23H,15H2,1-5H3,(H,24,25)/b7-6+. The topological polar surface area (TPSA) is 56.8 Å². The van der Waals surface area contributed by atoms with Gasteiger partial charge in [0.15, 0.2) is 18.1 Å². The molecule has 0 aliphatic heterocycles. The van der Waals surface area contributed by atoms with Gasteiger partial charge in [-0.05, 0) is 48.2 Å². The molecule has 0 saturated heterocycles. The van der Waals surface area contributed by atoms with Crippen molar-refractivity contribution in [3.05, 3.63) is 59.7 Å². The molecule has 0 aromatic heterocycles. The lowest BCUT2D eigenvalue weighted by Gasteiger charge is -2.23. The molecule has 2 aromatic rings. The summed E-state index contributed by atoms with van der Waals surface area (Å²) in [6.07, 6.45) is 3.93. The first-order valence-electron chi connectivity index (χ1n) is 9.35. The van der Waals surface area contributed by atoms with Crippen LogP contribution in [0.1, 0.15) is 37.9 Å². The van der Waals surface area contributed by atoms with Crippen LogP contribution >= 0.6 is 0 Å². The maximum absolute atomic E-state index is 12.5. The summed E-state index contributed by atoms with van der Waals surface area (Å²) in [5.74, 6) is 1.96. The highest BCUT2D eigenvalue weighted by atomic mass is 16.5. The maximum atomic E-state index is 12.5. The number of hydrogen-bond donors (Lipinski definition) is 1. The van der Waals surface area contributed by atoms with Gasteiger partial charge in [0.05, 0.1) is 20.3 Å². The number of amides is 1. The van der Waals surface area contributed by atoms with Crippen molar-refractivity contribution in [2.75, 3.05) is 20.8 Å². The van der Waals surface area contributed by atoms with E-state index in [1.807, 2.05) is 61.5 Å². The van der Waals surface area contributed by atoms with Crippen LogP contribution in [-0.4, -0.2) is 26.7 Å². The molecule has 1 atom stereocenters. The van der Waals surface area contributed by atoms with Gasteiger partial charge >= 0.3 is 0 Å². The fourth-order valence-corrected chi connectivity index (χ4v) is 2.90. The number of ether oxygens (including phenoxy) is 3. The Bertz CT molecular complexity index is 797. The Morgan fingerprint density at radius 1 is 1.04 bits per heavy atom. The normalized spacial score (nSPS) is 12.1. The second kappa shape index (κ2) is 10.4. The minimum absolute atomic E-state index is 0.0846. The number of rotatable bonds is 9. The SMILES string of the molecule is C/C=C/c1ccc(OCC(=O)NC(c2ccc(OC)cc2)C(C)C)c(OC)c1. The Labute approximate surface area is 167 Å². The summed E-state index contributed by atoms with van der Waals surface area (Å²) in [5.41, 5.74) is 2.04. The zero-order chi connectivity index (χ0) is 20.5. The van der Waals surface area contributed by atoms with E-state index < -0.39 is 0 Å². The highest BCUT2D eigenvalue weighted by Gasteiger charge is 2.19. The molecule has 28 heavy (non-hydrogen) atoms. The van der Waals surface area contributed by atoms with Gasteiger partial charge in [-0.25, -0.2) is 0 Å². The van der Waals surface area contributed by atoms with Crippen LogP contribution in [-0.2, 0) is 4.79 Å². The Kier molecular flexibility index (Phi) is 7.93. The van der Waals surface area contributed by atoms with Crippen molar-refractivity contribution < 1.29 is 19.0 Å². The third kappa shape index (κ3) is 5.78. The van der Waals surface area contributed by atoms with E-state index in [2.05, 4.69) is 19.2 Å². The molecule has 0 fully saturated rings. The molecule has 0 bridgehead atoms. The molecule has 0 saturated carbocycles. The molecule has 0 aliphatic rings. The molecule has 2 rings (SSSR count). The lowest BCUT2D eigenvalue weighted by molar-refractivity contribution is -0.124. The zero-order valence-electron chi connectivity index (χ0n) is 17.2. The van der Waals surface area contributed by atoms with Crippen LogP contribution in [0.2, 0.25) is 0 Å². The molecule has 0 aliphatic carbocycles. The summed E-state index contributed by atoms with van der Waals surface area (Å²) in [5, 5.41) is 3.05. The number of methoxy groups -OCH3 is 2. The van der Waals surface area contributed by atoms with Crippen molar-refractivity contribution in [1.82, 2.24) is 5.32 Å². The average Bonchev–Trinajstić information content (AvgIpc) is 2.71. The zero-order valence-corrected chi connectivity index (χ0v) is 17.2. The van der Waals surface area contributed by atoms with Gasteiger partial charge in [0.1, 0.15) is 5.75 Å². The van der Waals surface area contributed by atoms with Crippen LogP contribution in [0.25, 0.3) is 6.08 Å². The second-order valence-corrected chi connectivity index (χ2v) is 6.76. The van der Waals surface area contributed by atoms with E-state index in [0.29, 0.717) is 11.5 Å². The number of carbonyl (C=O) groups excluding carboxylic acids is 1. The van der Waals surface area contributed by atoms with E-state index >= 15 is 0 Å². The summed E-state index contributed by atoms with van der Waals surface area (Å²) in [4.78, 5) is 12.5. The quantitative estimate of drug-likeness (QED) is 0.686. The monoisotopic (exact) mass is 383 g/mol. The highest BCUT2D eigenvalue weighted by molar-refractivity contribution is 5.78. The summed E-state index contributed by atoms with van der Waals surface area (Å²) >= 11 is 0. The number of benzene rings is 2. The molecule has 0 radical (unpaired) electrons. The lowest BCUT2D eigenvalue weighted by atomic mass is 9.96. The number of carbonyl (C=O) groups is 1. The first-order chi connectivity index (χ1) is 13.5. The largest absolute Gasteiger partial charge is 0.497 e. The molecule has 1 N–H and O–H groups in total. The van der Waals surface area contributed by atoms with Gasteiger partial charge in [0.25, 0.3) is 5.91 Å². The van der Waals surface area contributed by atoms with E-state index in [4.69, 9.17) is 14.2 Å². The number of allylic oxidation sites excluding steroid dienone is 1. The van der Waals surface area contributed by atoms with Crippen molar-refractivity contribution in [3.8, 4) is 17.2 Å². The van der Waals surface area contributed by atoms with Gasteiger partial charge in [-0.1, -0.05) is 44.2 Å². The van der Waals surface area contributed by atoms with Crippen molar-refractivity contribution in [3.63, 3.8) is 0 Å². The maximum Gasteiger partial charge on any atom is 0.258 e. The smallest absolute Gasteiger partial charge is 0.258 e. The van der Waals surface area contributed by atoms with E-state index in [9.17, 15) is 4.79 Å². The van der Waals surface area contributed by atoms with E-state index in [1.165, 1.54) is 0 Å². The third-order valence-corrected chi connectivity index (χ3v) is 4.36. The van der Waals surface area contributed by atoms with E-state index in [1.54, 1.807) is 14.2 Å². The number of hydrogen-bond acceptors (Lipinski definition) is 4. The van der Waals surface area contributed by atoms with Gasteiger partial charge in [-0.2, -0.15) is 0 Å². The molecule has 5 nitrogen and oxygen atoms in total. The van der Waals surface area contributed by atoms with Crippen LogP contribution in [0.4, 0.5) is 0 Å². The Morgan fingerprint density at radius 3 is 2.32 bits per heavy atom. The van der Waals surface area contributed by atoms with Crippen molar-refractivity contribution in [1.29, 1.82) is 0 Å². The van der Waals surface area contributed by atoms with Gasteiger partial charge in [0, 0.05) is 0 Å². The fourth-order valence-electron chi connectivity index (χ4n) is 2.90. The molecule has 1 amide bonds. The molecule has 1 unspecified atom stereocenters. The summed E-state index contributed by atoms with van der Waals surface area (Å²) in [6, 6.07) is 13.2. The van der Waals surface area contributed by atoms with E-state index in [0.717, 1.165) is 16.9 Å². The Balaban J connectivity index is 2.03. The molecular weight excluding hydrogens is 354 g/mol.